The monoisotopic (exact) mass is 340 g/mol. The van der Waals surface area contributed by atoms with Crippen molar-refractivity contribution in [2.24, 2.45) is 0 Å². The first-order valence-electron chi connectivity index (χ1n) is 7.59. The van der Waals surface area contributed by atoms with E-state index in [1.54, 1.807) is 6.08 Å². The zero-order chi connectivity index (χ0) is 15.8. The standard InChI is InChI=1S/C16H24N2O2S2/c1-21-9-8-18-6-4-14(5-7-18)17-16(20)3-2-15-10-13(11-19)12-22-15/h2-3,10,12,14,19H,4-9,11H2,1H3,(H,17,20). The van der Waals surface area contributed by atoms with Crippen molar-refractivity contribution >= 4 is 35.1 Å². The molecule has 0 aliphatic carbocycles. The first-order chi connectivity index (χ1) is 10.7. The van der Waals surface area contributed by atoms with Crippen LogP contribution in [0.5, 0.6) is 0 Å². The van der Waals surface area contributed by atoms with Crippen molar-refractivity contribution in [2.75, 3.05) is 31.6 Å². The Morgan fingerprint density at radius 3 is 2.95 bits per heavy atom. The summed E-state index contributed by atoms with van der Waals surface area (Å²) in [6.07, 6.45) is 7.60. The SMILES string of the molecule is CSCCN1CCC(NC(=O)C=Cc2cc(CO)cs2)CC1. The zero-order valence-electron chi connectivity index (χ0n) is 13.0. The lowest BCUT2D eigenvalue weighted by molar-refractivity contribution is -0.117. The van der Waals surface area contributed by atoms with Gasteiger partial charge in [0.2, 0.25) is 5.91 Å². The molecule has 0 aromatic carbocycles. The number of nitrogens with one attached hydrogen (secondary N) is 1. The molecule has 1 saturated heterocycles. The number of rotatable bonds is 7. The summed E-state index contributed by atoms with van der Waals surface area (Å²) < 4.78 is 0. The lowest BCUT2D eigenvalue weighted by Gasteiger charge is -2.31. The third-order valence-corrected chi connectivity index (χ3v) is 5.34. The molecule has 6 heteroatoms. The van der Waals surface area contributed by atoms with E-state index in [9.17, 15) is 4.79 Å². The fraction of sp³-hybridized carbons (Fsp3) is 0.562. The number of carbonyl (C=O) groups is 1. The van der Waals surface area contributed by atoms with Crippen molar-refractivity contribution in [2.45, 2.75) is 25.5 Å². The third-order valence-electron chi connectivity index (χ3n) is 3.80. The Balaban J connectivity index is 1.71. The lowest BCUT2D eigenvalue weighted by Crippen LogP contribution is -2.44. The highest BCUT2D eigenvalue weighted by Gasteiger charge is 2.19. The van der Waals surface area contributed by atoms with Gasteiger partial charge in [0.15, 0.2) is 0 Å². The molecule has 1 aromatic heterocycles. The van der Waals surface area contributed by atoms with Gasteiger partial charge in [-0.3, -0.25) is 4.79 Å². The average molecular weight is 341 g/mol. The maximum Gasteiger partial charge on any atom is 0.244 e. The Bertz CT molecular complexity index is 494. The van der Waals surface area contributed by atoms with Crippen LogP contribution >= 0.6 is 23.1 Å². The molecule has 2 N–H and O–H groups in total. The van der Waals surface area contributed by atoms with Crippen LogP contribution in [0, 0.1) is 0 Å². The molecule has 1 fully saturated rings. The number of thiophene rings is 1. The van der Waals surface area contributed by atoms with Crippen LogP contribution < -0.4 is 5.32 Å². The van der Waals surface area contributed by atoms with Crippen molar-refractivity contribution < 1.29 is 9.90 Å². The van der Waals surface area contributed by atoms with Gasteiger partial charge in [0.25, 0.3) is 0 Å². The Kier molecular flexibility index (Phi) is 7.45. The van der Waals surface area contributed by atoms with Crippen LogP contribution in [-0.2, 0) is 11.4 Å². The predicted molar refractivity (Wildman–Crippen MR) is 95.3 cm³/mol. The first-order valence-corrected chi connectivity index (χ1v) is 9.86. The Hall–Kier alpha value is -0.820. The minimum Gasteiger partial charge on any atom is -0.392 e. The molecular weight excluding hydrogens is 316 g/mol. The van der Waals surface area contributed by atoms with E-state index in [1.165, 1.54) is 17.1 Å². The molecule has 0 unspecified atom stereocenters. The summed E-state index contributed by atoms with van der Waals surface area (Å²) in [5.41, 5.74) is 0.891. The summed E-state index contributed by atoms with van der Waals surface area (Å²) in [5.74, 6) is 1.15. The molecule has 0 bridgehead atoms. The number of nitrogens with zero attached hydrogens (tertiary/aromatic N) is 1. The molecule has 2 rings (SSSR count). The van der Waals surface area contributed by atoms with Crippen LogP contribution in [0.2, 0.25) is 0 Å². The third kappa shape index (κ3) is 5.76. The van der Waals surface area contributed by atoms with Crippen molar-refractivity contribution in [3.8, 4) is 0 Å². The van der Waals surface area contributed by atoms with Gasteiger partial charge in [-0.2, -0.15) is 11.8 Å². The molecule has 122 valence electrons. The van der Waals surface area contributed by atoms with Crippen LogP contribution in [0.15, 0.2) is 17.5 Å². The smallest absolute Gasteiger partial charge is 0.244 e. The van der Waals surface area contributed by atoms with Crippen molar-refractivity contribution in [3.63, 3.8) is 0 Å². The predicted octanol–water partition coefficient (Wildman–Crippen LogP) is 2.20. The van der Waals surface area contributed by atoms with E-state index in [1.807, 2.05) is 29.3 Å². The first kappa shape index (κ1) is 17.5. The minimum atomic E-state index is -0.0264. The number of likely N-dealkylation sites (tertiary alicyclic amines) is 1. The number of aliphatic hydroxyl groups excluding tert-OH is 1. The summed E-state index contributed by atoms with van der Waals surface area (Å²) >= 11 is 3.41. The van der Waals surface area contributed by atoms with Gasteiger partial charge in [-0.1, -0.05) is 0 Å². The summed E-state index contributed by atoms with van der Waals surface area (Å²) in [7, 11) is 0. The van der Waals surface area contributed by atoms with E-state index >= 15 is 0 Å². The van der Waals surface area contributed by atoms with Crippen LogP contribution in [0.25, 0.3) is 6.08 Å². The van der Waals surface area contributed by atoms with Crippen molar-refractivity contribution in [3.05, 3.63) is 28.0 Å². The topological polar surface area (TPSA) is 52.6 Å². The van der Waals surface area contributed by atoms with Gasteiger partial charge in [0.05, 0.1) is 6.61 Å². The molecule has 0 atom stereocenters. The summed E-state index contributed by atoms with van der Waals surface area (Å²) in [6.45, 7) is 3.33. The Morgan fingerprint density at radius 1 is 1.55 bits per heavy atom. The summed E-state index contributed by atoms with van der Waals surface area (Å²) in [4.78, 5) is 15.4. The molecule has 0 radical (unpaired) electrons. The normalized spacial score (nSPS) is 17.2. The highest BCUT2D eigenvalue weighted by molar-refractivity contribution is 7.98. The molecule has 1 aliphatic rings. The largest absolute Gasteiger partial charge is 0.392 e. The average Bonchev–Trinajstić information content (AvgIpc) is 3.00. The van der Waals surface area contributed by atoms with E-state index in [0.29, 0.717) is 6.04 Å². The van der Waals surface area contributed by atoms with Gasteiger partial charge in [-0.25, -0.2) is 0 Å². The van der Waals surface area contributed by atoms with Crippen LogP contribution in [0.4, 0.5) is 0 Å². The molecule has 1 aliphatic heterocycles. The van der Waals surface area contributed by atoms with Crippen LogP contribution in [0.1, 0.15) is 23.3 Å². The Labute approximate surface area is 140 Å². The fourth-order valence-corrected chi connectivity index (χ4v) is 3.73. The maximum atomic E-state index is 12.0. The van der Waals surface area contributed by atoms with Gasteiger partial charge in [-0.15, -0.1) is 11.3 Å². The molecule has 0 saturated carbocycles. The van der Waals surface area contributed by atoms with Gasteiger partial charge >= 0.3 is 0 Å². The number of aliphatic hydroxyl groups is 1. The number of hydrogen-bond donors (Lipinski definition) is 2. The second-order valence-electron chi connectivity index (χ2n) is 5.47. The molecule has 4 nitrogen and oxygen atoms in total. The van der Waals surface area contributed by atoms with E-state index < -0.39 is 0 Å². The van der Waals surface area contributed by atoms with E-state index in [-0.39, 0.29) is 12.5 Å². The lowest BCUT2D eigenvalue weighted by atomic mass is 10.1. The van der Waals surface area contributed by atoms with Crippen LogP contribution in [-0.4, -0.2) is 53.6 Å². The zero-order valence-corrected chi connectivity index (χ0v) is 14.6. The highest BCUT2D eigenvalue weighted by Crippen LogP contribution is 2.16. The molecule has 0 spiro atoms. The minimum absolute atomic E-state index is 0.0264. The number of thioether (sulfide) groups is 1. The van der Waals surface area contributed by atoms with Crippen LogP contribution in [0.3, 0.4) is 0 Å². The van der Waals surface area contributed by atoms with E-state index in [2.05, 4.69) is 16.5 Å². The summed E-state index contributed by atoms with van der Waals surface area (Å²) in [5, 5.41) is 14.0. The molecule has 1 amide bonds. The van der Waals surface area contributed by atoms with Crippen molar-refractivity contribution in [1.29, 1.82) is 0 Å². The van der Waals surface area contributed by atoms with Gasteiger partial charge in [0, 0.05) is 42.4 Å². The highest BCUT2D eigenvalue weighted by atomic mass is 32.2. The molecule has 1 aromatic rings. The number of hydrogen-bond acceptors (Lipinski definition) is 5. The quantitative estimate of drug-likeness (QED) is 0.747. The molecule has 22 heavy (non-hydrogen) atoms. The van der Waals surface area contributed by atoms with E-state index in [4.69, 9.17) is 5.11 Å². The Morgan fingerprint density at radius 2 is 2.32 bits per heavy atom. The maximum absolute atomic E-state index is 12.0. The second-order valence-corrected chi connectivity index (χ2v) is 7.39. The number of amides is 1. The fourth-order valence-electron chi connectivity index (χ4n) is 2.49. The van der Waals surface area contributed by atoms with E-state index in [0.717, 1.165) is 42.9 Å². The van der Waals surface area contributed by atoms with Gasteiger partial charge < -0.3 is 15.3 Å². The number of carbonyl (C=O) groups excluding carboxylic acids is 1. The second kappa shape index (κ2) is 9.35. The molecular formula is C16H24N2O2S2. The summed E-state index contributed by atoms with van der Waals surface area (Å²) in [6, 6.07) is 2.19. The number of piperidine rings is 1. The van der Waals surface area contributed by atoms with Crippen molar-refractivity contribution in [1.82, 2.24) is 10.2 Å². The van der Waals surface area contributed by atoms with Gasteiger partial charge in [-0.05, 0) is 42.2 Å². The molecule has 2 heterocycles. The van der Waals surface area contributed by atoms with Gasteiger partial charge in [0.1, 0.15) is 0 Å².